The monoisotopic (exact) mass is 168 g/mol. The molecule has 0 spiro atoms. The molecule has 1 saturated heterocycles. The maximum atomic E-state index is 3.40. The van der Waals surface area contributed by atoms with Crippen LogP contribution in [0.2, 0.25) is 0 Å². The van der Waals surface area contributed by atoms with Crippen molar-refractivity contribution < 1.29 is 0 Å². The lowest BCUT2D eigenvalue weighted by Gasteiger charge is -2.32. The zero-order valence-electron chi connectivity index (χ0n) is 7.59. The molecule has 0 aromatic heterocycles. The maximum Gasteiger partial charge on any atom is 0.103 e. The number of fused-ring (bicyclic) bond motifs is 1. The van der Waals surface area contributed by atoms with Crippen LogP contribution in [0.1, 0.15) is 13.8 Å². The molecule has 0 aliphatic carbocycles. The quantitative estimate of drug-likeness (QED) is 0.497. The zero-order chi connectivity index (χ0) is 8.55. The Morgan fingerprint density at radius 3 is 3.08 bits per heavy atom. The number of hydrogen-bond donors (Lipinski definition) is 3. The van der Waals surface area contributed by atoms with E-state index < -0.39 is 0 Å². The third kappa shape index (κ3) is 1.28. The summed E-state index contributed by atoms with van der Waals surface area (Å²) in [5, 5.41) is 9.99. The van der Waals surface area contributed by atoms with Crippen molar-refractivity contribution in [3.8, 4) is 0 Å². The van der Waals surface area contributed by atoms with Crippen molar-refractivity contribution >= 4 is 0 Å². The second-order valence-electron chi connectivity index (χ2n) is 3.55. The number of nitrogens with one attached hydrogen (secondary N) is 3. The topological polar surface area (TPSA) is 39.3 Å². The number of hydrogen-bond acceptors (Lipinski definition) is 4. The van der Waals surface area contributed by atoms with Crippen molar-refractivity contribution in [1.82, 2.24) is 20.9 Å². The summed E-state index contributed by atoms with van der Waals surface area (Å²) in [5.41, 5.74) is 1.26. The summed E-state index contributed by atoms with van der Waals surface area (Å²) in [6, 6.07) is 0.563. The van der Waals surface area contributed by atoms with Crippen LogP contribution in [0.4, 0.5) is 0 Å². The lowest BCUT2D eigenvalue weighted by molar-refractivity contribution is 0.250. The highest BCUT2D eigenvalue weighted by Gasteiger charge is 2.24. The van der Waals surface area contributed by atoms with Gasteiger partial charge in [-0.25, -0.2) is 0 Å². The molecule has 0 aromatic carbocycles. The van der Waals surface area contributed by atoms with Gasteiger partial charge in [0.15, 0.2) is 0 Å². The van der Waals surface area contributed by atoms with Crippen LogP contribution in [-0.2, 0) is 0 Å². The summed E-state index contributed by atoms with van der Waals surface area (Å²) >= 11 is 0. The predicted molar refractivity (Wildman–Crippen MR) is 48.0 cm³/mol. The molecular weight excluding hydrogens is 152 g/mol. The van der Waals surface area contributed by atoms with Gasteiger partial charge < -0.3 is 10.2 Å². The molecule has 12 heavy (non-hydrogen) atoms. The SMILES string of the molecule is CC(C)N1C=C2NCNC2NC1. The van der Waals surface area contributed by atoms with E-state index in [1.54, 1.807) is 0 Å². The Balaban J connectivity index is 2.09. The minimum Gasteiger partial charge on any atom is -0.372 e. The average molecular weight is 168 g/mol. The molecule has 4 heteroatoms. The molecule has 1 fully saturated rings. The standard InChI is InChI=1S/C8H16N4/c1-6(2)12-3-7-8(11-5-12)10-4-9-7/h3,6,8-11H,4-5H2,1-2H3. The number of nitrogens with zero attached hydrogens (tertiary/aromatic N) is 1. The van der Waals surface area contributed by atoms with E-state index in [-0.39, 0.29) is 0 Å². The molecule has 2 aliphatic rings. The van der Waals surface area contributed by atoms with Crippen molar-refractivity contribution in [1.29, 1.82) is 0 Å². The third-order valence-electron chi connectivity index (χ3n) is 2.36. The highest BCUT2D eigenvalue weighted by atomic mass is 15.4. The molecule has 3 N–H and O–H groups in total. The Hall–Kier alpha value is -0.740. The zero-order valence-corrected chi connectivity index (χ0v) is 7.59. The molecule has 68 valence electrons. The molecule has 1 unspecified atom stereocenters. The predicted octanol–water partition coefficient (Wildman–Crippen LogP) is -0.425. The van der Waals surface area contributed by atoms with Gasteiger partial charge in [-0.2, -0.15) is 0 Å². The fourth-order valence-corrected chi connectivity index (χ4v) is 1.52. The first-order valence-electron chi connectivity index (χ1n) is 4.45. The van der Waals surface area contributed by atoms with Crippen molar-refractivity contribution in [2.24, 2.45) is 0 Å². The van der Waals surface area contributed by atoms with Crippen LogP contribution in [0.5, 0.6) is 0 Å². The van der Waals surface area contributed by atoms with Crippen LogP contribution in [0.15, 0.2) is 11.9 Å². The van der Waals surface area contributed by atoms with Gasteiger partial charge in [0.1, 0.15) is 6.17 Å². The van der Waals surface area contributed by atoms with E-state index in [9.17, 15) is 0 Å². The second kappa shape index (κ2) is 2.95. The lowest BCUT2D eigenvalue weighted by Crippen LogP contribution is -2.49. The van der Waals surface area contributed by atoms with Crippen LogP contribution >= 0.6 is 0 Å². The van der Waals surface area contributed by atoms with Crippen molar-refractivity contribution in [3.63, 3.8) is 0 Å². The maximum absolute atomic E-state index is 3.40. The first-order chi connectivity index (χ1) is 5.77. The summed E-state index contributed by atoms with van der Waals surface area (Å²) < 4.78 is 0. The van der Waals surface area contributed by atoms with E-state index in [1.807, 2.05) is 0 Å². The van der Waals surface area contributed by atoms with Crippen LogP contribution in [0.3, 0.4) is 0 Å². The Morgan fingerprint density at radius 1 is 1.50 bits per heavy atom. The van der Waals surface area contributed by atoms with Crippen molar-refractivity contribution in [2.45, 2.75) is 26.1 Å². The molecule has 2 rings (SSSR count). The van der Waals surface area contributed by atoms with Gasteiger partial charge in [0.25, 0.3) is 0 Å². The molecule has 2 heterocycles. The Morgan fingerprint density at radius 2 is 2.33 bits per heavy atom. The largest absolute Gasteiger partial charge is 0.372 e. The first-order valence-corrected chi connectivity index (χ1v) is 4.45. The van der Waals surface area contributed by atoms with Gasteiger partial charge in [-0.3, -0.25) is 10.6 Å². The lowest BCUT2D eigenvalue weighted by atomic mass is 10.3. The normalized spacial score (nSPS) is 28.4. The van der Waals surface area contributed by atoms with Gasteiger partial charge in [0.2, 0.25) is 0 Å². The van der Waals surface area contributed by atoms with E-state index in [0.717, 1.165) is 13.3 Å². The Labute approximate surface area is 73.0 Å². The van der Waals surface area contributed by atoms with Crippen LogP contribution in [-0.4, -0.2) is 30.4 Å². The van der Waals surface area contributed by atoms with Crippen LogP contribution in [0, 0.1) is 0 Å². The third-order valence-corrected chi connectivity index (χ3v) is 2.36. The minimum atomic E-state index is 0.347. The highest BCUT2D eigenvalue weighted by molar-refractivity contribution is 5.14. The fourth-order valence-electron chi connectivity index (χ4n) is 1.52. The van der Waals surface area contributed by atoms with Crippen LogP contribution < -0.4 is 16.0 Å². The van der Waals surface area contributed by atoms with E-state index in [1.165, 1.54) is 5.70 Å². The van der Waals surface area contributed by atoms with Gasteiger partial charge in [-0.1, -0.05) is 0 Å². The van der Waals surface area contributed by atoms with E-state index >= 15 is 0 Å². The molecule has 1 atom stereocenters. The van der Waals surface area contributed by atoms with Crippen LogP contribution in [0.25, 0.3) is 0 Å². The molecular formula is C8H16N4. The van der Waals surface area contributed by atoms with E-state index in [2.05, 4.69) is 40.9 Å². The van der Waals surface area contributed by atoms with Crippen molar-refractivity contribution in [2.75, 3.05) is 13.3 Å². The molecule has 0 amide bonds. The average Bonchev–Trinajstić information content (AvgIpc) is 2.49. The summed E-state index contributed by atoms with van der Waals surface area (Å²) in [6.07, 6.45) is 2.55. The molecule has 0 bridgehead atoms. The first kappa shape index (κ1) is 7.89. The van der Waals surface area contributed by atoms with E-state index in [0.29, 0.717) is 12.2 Å². The summed E-state index contributed by atoms with van der Waals surface area (Å²) in [5.74, 6) is 0. The van der Waals surface area contributed by atoms with Gasteiger partial charge in [0, 0.05) is 12.2 Å². The molecule has 0 radical (unpaired) electrons. The molecule has 0 aromatic rings. The molecule has 0 saturated carbocycles. The summed E-state index contributed by atoms with van der Waals surface area (Å²) in [4.78, 5) is 2.28. The van der Waals surface area contributed by atoms with Crippen molar-refractivity contribution in [3.05, 3.63) is 11.9 Å². The summed E-state index contributed by atoms with van der Waals surface area (Å²) in [7, 11) is 0. The smallest absolute Gasteiger partial charge is 0.103 e. The Kier molecular flexibility index (Phi) is 1.94. The fraction of sp³-hybridized carbons (Fsp3) is 0.750. The highest BCUT2D eigenvalue weighted by Crippen LogP contribution is 2.10. The molecule has 2 aliphatic heterocycles. The van der Waals surface area contributed by atoms with E-state index in [4.69, 9.17) is 0 Å². The van der Waals surface area contributed by atoms with Gasteiger partial charge in [-0.15, -0.1) is 0 Å². The summed E-state index contributed by atoms with van der Waals surface area (Å²) in [6.45, 7) is 6.19. The minimum absolute atomic E-state index is 0.347. The van der Waals surface area contributed by atoms with Gasteiger partial charge >= 0.3 is 0 Å². The molecule has 4 nitrogen and oxygen atoms in total. The Bertz CT molecular complexity index is 199. The second-order valence-corrected chi connectivity index (χ2v) is 3.55. The van der Waals surface area contributed by atoms with Gasteiger partial charge in [0.05, 0.1) is 19.0 Å². The van der Waals surface area contributed by atoms with Gasteiger partial charge in [-0.05, 0) is 13.8 Å². The number of rotatable bonds is 1.